The maximum absolute atomic E-state index is 12.6. The van der Waals surface area contributed by atoms with Gasteiger partial charge < -0.3 is 10.1 Å². The molecule has 24 heavy (non-hydrogen) atoms. The van der Waals surface area contributed by atoms with Crippen LogP contribution in [0.3, 0.4) is 0 Å². The molecule has 0 aliphatic carbocycles. The monoisotopic (exact) mass is 342 g/mol. The topological polar surface area (TPSA) is 58.6 Å². The van der Waals surface area contributed by atoms with Crippen LogP contribution in [-0.4, -0.2) is 30.9 Å². The number of ether oxygens (including phenoxy) is 1. The van der Waals surface area contributed by atoms with Crippen LogP contribution in [-0.2, 0) is 4.74 Å². The SMILES string of the molecule is CCOC(=O)c1cccc(NC(=O)N2CCSc3ccccc32)c1. The second kappa shape index (κ2) is 7.40. The van der Waals surface area contributed by atoms with E-state index >= 15 is 0 Å². The molecule has 124 valence electrons. The summed E-state index contributed by atoms with van der Waals surface area (Å²) < 4.78 is 4.99. The van der Waals surface area contributed by atoms with Gasteiger partial charge in [0.15, 0.2) is 0 Å². The summed E-state index contributed by atoms with van der Waals surface area (Å²) in [4.78, 5) is 27.2. The van der Waals surface area contributed by atoms with Crippen molar-refractivity contribution in [3.8, 4) is 0 Å². The van der Waals surface area contributed by atoms with Gasteiger partial charge in [-0.2, -0.15) is 0 Å². The first kappa shape index (κ1) is 16.4. The number of esters is 1. The van der Waals surface area contributed by atoms with Crippen LogP contribution >= 0.6 is 11.8 Å². The summed E-state index contributed by atoms with van der Waals surface area (Å²) in [5.41, 5.74) is 1.90. The third kappa shape index (κ3) is 3.54. The molecule has 3 rings (SSSR count). The number of nitrogens with zero attached hydrogens (tertiary/aromatic N) is 1. The minimum Gasteiger partial charge on any atom is -0.462 e. The van der Waals surface area contributed by atoms with E-state index in [4.69, 9.17) is 4.74 Å². The first-order valence-corrected chi connectivity index (χ1v) is 8.75. The van der Waals surface area contributed by atoms with Crippen molar-refractivity contribution in [3.63, 3.8) is 0 Å². The van der Waals surface area contributed by atoms with Crippen LogP contribution in [0.1, 0.15) is 17.3 Å². The average molecular weight is 342 g/mol. The summed E-state index contributed by atoms with van der Waals surface area (Å²) >= 11 is 1.75. The number of amides is 2. The number of hydrogen-bond acceptors (Lipinski definition) is 4. The molecule has 2 aromatic carbocycles. The van der Waals surface area contributed by atoms with Gasteiger partial charge in [0.25, 0.3) is 0 Å². The van der Waals surface area contributed by atoms with E-state index in [1.807, 2.05) is 24.3 Å². The van der Waals surface area contributed by atoms with Crippen molar-refractivity contribution in [3.05, 3.63) is 54.1 Å². The van der Waals surface area contributed by atoms with Gasteiger partial charge in [0, 0.05) is 22.9 Å². The number of fused-ring (bicyclic) bond motifs is 1. The predicted octanol–water partition coefficient (Wildman–Crippen LogP) is 4.01. The summed E-state index contributed by atoms with van der Waals surface area (Å²) in [7, 11) is 0. The van der Waals surface area contributed by atoms with E-state index in [9.17, 15) is 9.59 Å². The third-order valence-electron chi connectivity index (χ3n) is 3.60. The smallest absolute Gasteiger partial charge is 0.338 e. The lowest BCUT2D eigenvalue weighted by atomic mass is 10.2. The molecular weight excluding hydrogens is 324 g/mol. The Hall–Kier alpha value is -2.47. The van der Waals surface area contributed by atoms with Crippen molar-refractivity contribution in [2.24, 2.45) is 0 Å². The number of nitrogens with one attached hydrogen (secondary N) is 1. The van der Waals surface area contributed by atoms with Crippen LogP contribution in [0.2, 0.25) is 0 Å². The van der Waals surface area contributed by atoms with E-state index in [0.717, 1.165) is 16.3 Å². The van der Waals surface area contributed by atoms with E-state index in [-0.39, 0.29) is 6.03 Å². The summed E-state index contributed by atoms with van der Waals surface area (Å²) in [6.45, 7) is 2.72. The Kier molecular flexibility index (Phi) is 5.05. The zero-order valence-electron chi connectivity index (χ0n) is 13.3. The molecule has 0 aromatic heterocycles. The molecule has 0 atom stereocenters. The lowest BCUT2D eigenvalue weighted by molar-refractivity contribution is 0.0526. The lowest BCUT2D eigenvalue weighted by Gasteiger charge is -2.29. The molecule has 2 aromatic rings. The molecule has 0 bridgehead atoms. The summed E-state index contributed by atoms with van der Waals surface area (Å²) in [5, 5.41) is 2.86. The molecule has 1 N–H and O–H groups in total. The molecule has 0 saturated carbocycles. The van der Waals surface area contributed by atoms with Gasteiger partial charge in [-0.1, -0.05) is 18.2 Å². The molecule has 0 radical (unpaired) electrons. The van der Waals surface area contributed by atoms with Crippen molar-refractivity contribution >= 4 is 35.1 Å². The molecule has 0 saturated heterocycles. The number of para-hydroxylation sites is 1. The first-order chi connectivity index (χ1) is 11.7. The Morgan fingerprint density at radius 3 is 2.88 bits per heavy atom. The Morgan fingerprint density at radius 2 is 2.04 bits per heavy atom. The van der Waals surface area contributed by atoms with Crippen LogP contribution < -0.4 is 10.2 Å². The fourth-order valence-electron chi connectivity index (χ4n) is 2.51. The van der Waals surface area contributed by atoms with E-state index < -0.39 is 5.97 Å². The quantitative estimate of drug-likeness (QED) is 0.856. The van der Waals surface area contributed by atoms with Gasteiger partial charge in [0.05, 0.1) is 17.9 Å². The fourth-order valence-corrected chi connectivity index (χ4v) is 3.50. The fraction of sp³-hybridized carbons (Fsp3) is 0.222. The first-order valence-electron chi connectivity index (χ1n) is 7.76. The van der Waals surface area contributed by atoms with Gasteiger partial charge in [0.2, 0.25) is 0 Å². The van der Waals surface area contributed by atoms with Gasteiger partial charge in [-0.05, 0) is 37.3 Å². The maximum atomic E-state index is 12.6. The van der Waals surface area contributed by atoms with Crippen LogP contribution in [0, 0.1) is 0 Å². The minimum absolute atomic E-state index is 0.205. The zero-order chi connectivity index (χ0) is 16.9. The Balaban J connectivity index is 1.76. The van der Waals surface area contributed by atoms with Crippen molar-refractivity contribution in [1.82, 2.24) is 0 Å². The van der Waals surface area contributed by atoms with Gasteiger partial charge in [-0.3, -0.25) is 4.90 Å². The van der Waals surface area contributed by atoms with E-state index in [0.29, 0.717) is 24.4 Å². The molecule has 5 nitrogen and oxygen atoms in total. The molecular formula is C18H18N2O3S. The number of carbonyl (C=O) groups is 2. The number of urea groups is 1. The summed E-state index contributed by atoms with van der Waals surface area (Å²) in [5.74, 6) is 0.459. The highest BCUT2D eigenvalue weighted by atomic mass is 32.2. The highest BCUT2D eigenvalue weighted by Crippen LogP contribution is 2.34. The molecule has 1 aliphatic heterocycles. The van der Waals surface area contributed by atoms with Crippen molar-refractivity contribution in [2.45, 2.75) is 11.8 Å². The Morgan fingerprint density at radius 1 is 1.21 bits per heavy atom. The summed E-state index contributed by atoms with van der Waals surface area (Å²) in [6.07, 6.45) is 0. The molecule has 0 fully saturated rings. The average Bonchev–Trinajstić information content (AvgIpc) is 2.61. The molecule has 6 heteroatoms. The number of carbonyl (C=O) groups excluding carboxylic acids is 2. The van der Waals surface area contributed by atoms with Crippen LogP contribution in [0.4, 0.5) is 16.2 Å². The number of rotatable bonds is 3. The standard InChI is InChI=1S/C18H18N2O3S/c1-2-23-17(21)13-6-5-7-14(12-13)19-18(22)20-10-11-24-16-9-4-3-8-15(16)20/h3-9,12H,2,10-11H2,1H3,(H,19,22). The molecule has 1 aliphatic rings. The predicted molar refractivity (Wildman–Crippen MR) is 95.9 cm³/mol. The minimum atomic E-state index is -0.395. The second-order valence-corrected chi connectivity index (χ2v) is 6.34. The normalized spacial score (nSPS) is 13.1. The van der Waals surface area contributed by atoms with Crippen molar-refractivity contribution < 1.29 is 14.3 Å². The van der Waals surface area contributed by atoms with E-state index in [2.05, 4.69) is 5.32 Å². The van der Waals surface area contributed by atoms with Crippen LogP contribution in [0.15, 0.2) is 53.4 Å². The van der Waals surface area contributed by atoms with Crippen LogP contribution in [0.5, 0.6) is 0 Å². The molecule has 0 unspecified atom stereocenters. The van der Waals surface area contributed by atoms with E-state index in [1.165, 1.54) is 0 Å². The molecule has 2 amide bonds. The highest BCUT2D eigenvalue weighted by Gasteiger charge is 2.22. The Bertz CT molecular complexity index is 763. The number of anilines is 2. The highest BCUT2D eigenvalue weighted by molar-refractivity contribution is 7.99. The summed E-state index contributed by atoms with van der Waals surface area (Å²) in [6, 6.07) is 14.4. The third-order valence-corrected chi connectivity index (χ3v) is 4.64. The molecule has 0 spiro atoms. The lowest BCUT2D eigenvalue weighted by Crippen LogP contribution is -2.38. The number of hydrogen-bond donors (Lipinski definition) is 1. The van der Waals surface area contributed by atoms with Gasteiger partial charge in [0.1, 0.15) is 0 Å². The number of benzene rings is 2. The van der Waals surface area contributed by atoms with Gasteiger partial charge in [-0.25, -0.2) is 9.59 Å². The largest absolute Gasteiger partial charge is 0.462 e. The van der Waals surface area contributed by atoms with E-state index in [1.54, 1.807) is 47.9 Å². The second-order valence-electron chi connectivity index (χ2n) is 5.20. The van der Waals surface area contributed by atoms with Gasteiger partial charge in [-0.15, -0.1) is 11.8 Å². The zero-order valence-corrected chi connectivity index (χ0v) is 14.1. The van der Waals surface area contributed by atoms with Crippen molar-refractivity contribution in [1.29, 1.82) is 0 Å². The maximum Gasteiger partial charge on any atom is 0.338 e. The van der Waals surface area contributed by atoms with Crippen molar-refractivity contribution in [2.75, 3.05) is 29.1 Å². The van der Waals surface area contributed by atoms with Gasteiger partial charge >= 0.3 is 12.0 Å². The molecule has 1 heterocycles. The Labute approximate surface area is 145 Å². The van der Waals surface area contributed by atoms with Crippen LogP contribution in [0.25, 0.3) is 0 Å². The number of thioether (sulfide) groups is 1.